The first kappa shape index (κ1) is 13.3. The van der Waals surface area contributed by atoms with Gasteiger partial charge in [0.05, 0.1) is 5.84 Å². The summed E-state index contributed by atoms with van der Waals surface area (Å²) >= 11 is 2.07. The molecule has 0 unspecified atom stereocenters. The lowest BCUT2D eigenvalue weighted by Crippen LogP contribution is -2.38. The Morgan fingerprint density at radius 2 is 1.88 bits per heavy atom. The van der Waals surface area contributed by atoms with E-state index in [4.69, 9.17) is 5.41 Å². The van der Waals surface area contributed by atoms with Crippen LogP contribution in [0.5, 0.6) is 0 Å². The number of hydrogen-bond donors (Lipinski definition) is 1. The van der Waals surface area contributed by atoms with Gasteiger partial charge in [0, 0.05) is 29.5 Å². The van der Waals surface area contributed by atoms with Crippen LogP contribution in [0.15, 0.2) is 0 Å². The van der Waals surface area contributed by atoms with E-state index in [0.717, 1.165) is 18.9 Å². The van der Waals surface area contributed by atoms with Gasteiger partial charge in [-0.05, 0) is 19.3 Å². The van der Waals surface area contributed by atoms with Crippen LogP contribution in [0.2, 0.25) is 0 Å². The average molecular weight is 254 g/mol. The second kappa shape index (κ2) is 5.64. The summed E-state index contributed by atoms with van der Waals surface area (Å²) in [4.78, 5) is 2.36. The molecule has 17 heavy (non-hydrogen) atoms. The van der Waals surface area contributed by atoms with Crippen molar-refractivity contribution < 1.29 is 0 Å². The van der Waals surface area contributed by atoms with Gasteiger partial charge in [0.15, 0.2) is 0 Å². The minimum atomic E-state index is 0.404. The van der Waals surface area contributed by atoms with Crippen molar-refractivity contribution in [3.8, 4) is 0 Å². The molecule has 0 atom stereocenters. The predicted octanol–water partition coefficient (Wildman–Crippen LogP) is 3.76. The molecule has 2 rings (SSSR count). The van der Waals surface area contributed by atoms with Gasteiger partial charge in [-0.3, -0.25) is 5.41 Å². The summed E-state index contributed by atoms with van der Waals surface area (Å²) in [5, 5.41) is 8.42. The zero-order chi connectivity index (χ0) is 12.3. The van der Waals surface area contributed by atoms with Crippen LogP contribution in [0, 0.1) is 11.3 Å². The molecule has 2 fully saturated rings. The summed E-state index contributed by atoms with van der Waals surface area (Å²) in [5.74, 6) is 2.69. The summed E-state index contributed by atoms with van der Waals surface area (Å²) in [7, 11) is 0. The maximum Gasteiger partial charge on any atom is 0.0989 e. The van der Waals surface area contributed by atoms with Gasteiger partial charge < -0.3 is 4.90 Å². The third kappa shape index (κ3) is 3.64. The second-order valence-electron chi connectivity index (χ2n) is 6.07. The number of nitrogens with zero attached hydrogens (tertiary/aromatic N) is 1. The van der Waals surface area contributed by atoms with Crippen LogP contribution in [-0.2, 0) is 0 Å². The quantitative estimate of drug-likeness (QED) is 0.570. The number of rotatable bonds is 1. The summed E-state index contributed by atoms with van der Waals surface area (Å²) in [6, 6.07) is 0. The van der Waals surface area contributed by atoms with Gasteiger partial charge >= 0.3 is 0 Å². The van der Waals surface area contributed by atoms with Gasteiger partial charge in [0.25, 0.3) is 0 Å². The number of thioether (sulfide) groups is 1. The fourth-order valence-corrected chi connectivity index (χ4v) is 4.00. The molecular formula is C14H26N2S. The van der Waals surface area contributed by atoms with Gasteiger partial charge in [-0.15, -0.1) is 0 Å². The molecule has 2 aliphatic rings. The Labute approximate surface area is 110 Å². The van der Waals surface area contributed by atoms with E-state index < -0.39 is 0 Å². The number of amidine groups is 1. The van der Waals surface area contributed by atoms with Gasteiger partial charge in [-0.25, -0.2) is 0 Å². The summed E-state index contributed by atoms with van der Waals surface area (Å²) < 4.78 is 0.404. The molecule has 1 N–H and O–H groups in total. The average Bonchev–Trinajstić information content (AvgIpc) is 2.50. The molecule has 0 spiro atoms. The van der Waals surface area contributed by atoms with Gasteiger partial charge in [-0.2, -0.15) is 11.8 Å². The molecule has 3 heteroatoms. The van der Waals surface area contributed by atoms with E-state index in [-0.39, 0.29) is 0 Å². The van der Waals surface area contributed by atoms with Crippen LogP contribution >= 0.6 is 11.8 Å². The van der Waals surface area contributed by atoms with Crippen molar-refractivity contribution in [3.05, 3.63) is 0 Å². The standard InChI is InChI=1S/C14H26N2S/c1-14(2)8-9-16(10-11-17-14)13(15)12-6-4-3-5-7-12/h12,15H,3-11H2,1-2H3. The van der Waals surface area contributed by atoms with Gasteiger partial charge in [0.2, 0.25) is 0 Å². The van der Waals surface area contributed by atoms with Crippen molar-refractivity contribution in [2.24, 2.45) is 5.92 Å². The zero-order valence-corrected chi connectivity index (χ0v) is 12.1. The molecule has 1 saturated heterocycles. The van der Waals surface area contributed by atoms with E-state index in [0.29, 0.717) is 10.7 Å². The molecule has 1 aliphatic heterocycles. The minimum absolute atomic E-state index is 0.404. The van der Waals surface area contributed by atoms with Crippen LogP contribution in [0.25, 0.3) is 0 Å². The van der Waals surface area contributed by atoms with E-state index in [1.807, 2.05) is 0 Å². The maximum atomic E-state index is 8.42. The molecule has 0 aromatic rings. The van der Waals surface area contributed by atoms with Crippen molar-refractivity contribution in [1.82, 2.24) is 4.90 Å². The van der Waals surface area contributed by atoms with Gasteiger partial charge in [-0.1, -0.05) is 33.1 Å². The maximum absolute atomic E-state index is 8.42. The van der Waals surface area contributed by atoms with Crippen LogP contribution < -0.4 is 0 Å². The van der Waals surface area contributed by atoms with Crippen molar-refractivity contribution in [1.29, 1.82) is 5.41 Å². The lowest BCUT2D eigenvalue weighted by molar-refractivity contribution is 0.356. The molecule has 2 nitrogen and oxygen atoms in total. The molecular weight excluding hydrogens is 228 g/mol. The van der Waals surface area contributed by atoms with Crippen LogP contribution in [-0.4, -0.2) is 34.3 Å². The van der Waals surface area contributed by atoms with E-state index in [9.17, 15) is 0 Å². The zero-order valence-electron chi connectivity index (χ0n) is 11.3. The summed E-state index contributed by atoms with van der Waals surface area (Å²) in [6.45, 7) is 6.86. The number of nitrogens with one attached hydrogen (secondary N) is 1. The van der Waals surface area contributed by atoms with E-state index >= 15 is 0 Å². The summed E-state index contributed by atoms with van der Waals surface area (Å²) in [6.07, 6.45) is 7.78. The number of hydrogen-bond acceptors (Lipinski definition) is 2. The van der Waals surface area contributed by atoms with Crippen molar-refractivity contribution in [2.75, 3.05) is 18.8 Å². The molecule has 1 saturated carbocycles. The van der Waals surface area contributed by atoms with Crippen molar-refractivity contribution in [2.45, 2.75) is 57.1 Å². The first-order chi connectivity index (χ1) is 8.08. The second-order valence-corrected chi connectivity index (χ2v) is 7.87. The highest BCUT2D eigenvalue weighted by Crippen LogP contribution is 2.32. The molecule has 0 amide bonds. The highest BCUT2D eigenvalue weighted by Gasteiger charge is 2.28. The molecule has 0 bridgehead atoms. The minimum Gasteiger partial charge on any atom is -0.359 e. The first-order valence-corrected chi connectivity index (χ1v) is 8.04. The predicted molar refractivity (Wildman–Crippen MR) is 77.0 cm³/mol. The van der Waals surface area contributed by atoms with E-state index in [1.54, 1.807) is 0 Å². The topological polar surface area (TPSA) is 27.1 Å². The fourth-order valence-electron chi connectivity index (χ4n) is 2.90. The SMILES string of the molecule is CC1(C)CCN(C(=N)C2CCCCC2)CCS1. The molecule has 0 radical (unpaired) electrons. The Hall–Kier alpha value is -0.180. The Bertz CT molecular complexity index is 269. The Balaban J connectivity index is 1.90. The van der Waals surface area contributed by atoms with Crippen molar-refractivity contribution >= 4 is 17.6 Å². The fraction of sp³-hybridized carbons (Fsp3) is 0.929. The van der Waals surface area contributed by atoms with Crippen LogP contribution in [0.3, 0.4) is 0 Å². The lowest BCUT2D eigenvalue weighted by Gasteiger charge is -2.31. The van der Waals surface area contributed by atoms with Crippen molar-refractivity contribution in [3.63, 3.8) is 0 Å². The van der Waals surface area contributed by atoms with E-state index in [1.165, 1.54) is 44.3 Å². The van der Waals surface area contributed by atoms with Crippen LogP contribution in [0.1, 0.15) is 52.4 Å². The van der Waals surface area contributed by atoms with Crippen LogP contribution in [0.4, 0.5) is 0 Å². The van der Waals surface area contributed by atoms with E-state index in [2.05, 4.69) is 30.5 Å². The molecule has 0 aromatic carbocycles. The molecule has 98 valence electrons. The molecule has 1 aliphatic carbocycles. The normalized spacial score (nSPS) is 26.6. The Kier molecular flexibility index (Phi) is 4.40. The third-order valence-electron chi connectivity index (χ3n) is 4.17. The highest BCUT2D eigenvalue weighted by atomic mass is 32.2. The molecule has 1 heterocycles. The smallest absolute Gasteiger partial charge is 0.0989 e. The highest BCUT2D eigenvalue weighted by molar-refractivity contribution is 8.00. The molecule has 0 aromatic heterocycles. The van der Waals surface area contributed by atoms with Gasteiger partial charge in [0.1, 0.15) is 0 Å². The summed E-state index contributed by atoms with van der Waals surface area (Å²) in [5.41, 5.74) is 0. The first-order valence-electron chi connectivity index (χ1n) is 7.06. The lowest BCUT2D eigenvalue weighted by atomic mass is 9.88. The Morgan fingerprint density at radius 3 is 2.59 bits per heavy atom. The third-order valence-corrected chi connectivity index (χ3v) is 5.54. The largest absolute Gasteiger partial charge is 0.359 e. The monoisotopic (exact) mass is 254 g/mol. The Morgan fingerprint density at radius 1 is 1.18 bits per heavy atom.